The minimum atomic E-state index is -1.10. The van der Waals surface area contributed by atoms with Gasteiger partial charge in [-0.05, 0) is 19.3 Å². The Kier molecular flexibility index (Phi) is 4.30. The maximum Gasteiger partial charge on any atom is 0.339 e. The second-order valence-corrected chi connectivity index (χ2v) is 5.42. The number of aromatic nitrogens is 1. The van der Waals surface area contributed by atoms with E-state index >= 15 is 0 Å². The standard InChI is InChI=1S/C14H19N3O4/c1-7-5-9(7)13(19)15-4-3-11(18)17-10-6-16-8(2)12(10)14(20)21/h6-7,9,16H,3-5H2,1-2H3,(H,15,19)(H,17,18)(H,20,21). The lowest BCUT2D eigenvalue weighted by Crippen LogP contribution is -2.29. The number of aryl methyl sites for hydroxylation is 1. The molecule has 21 heavy (non-hydrogen) atoms. The number of hydrogen-bond donors (Lipinski definition) is 4. The molecule has 2 rings (SSSR count). The van der Waals surface area contributed by atoms with E-state index in [9.17, 15) is 14.4 Å². The summed E-state index contributed by atoms with van der Waals surface area (Å²) < 4.78 is 0. The number of rotatable bonds is 6. The Hall–Kier alpha value is -2.31. The van der Waals surface area contributed by atoms with Crippen molar-refractivity contribution in [3.63, 3.8) is 0 Å². The molecular weight excluding hydrogens is 274 g/mol. The SMILES string of the molecule is Cc1[nH]cc(NC(=O)CCNC(=O)C2CC2C)c1C(=O)O. The lowest BCUT2D eigenvalue weighted by Gasteiger charge is -2.06. The van der Waals surface area contributed by atoms with Crippen molar-refractivity contribution in [3.8, 4) is 0 Å². The summed E-state index contributed by atoms with van der Waals surface area (Å²) >= 11 is 0. The predicted octanol–water partition coefficient (Wildman–Crippen LogP) is 1.12. The lowest BCUT2D eigenvalue weighted by atomic mass is 10.2. The highest BCUT2D eigenvalue weighted by molar-refractivity contribution is 6.01. The van der Waals surface area contributed by atoms with Crippen molar-refractivity contribution in [2.75, 3.05) is 11.9 Å². The number of carbonyl (C=O) groups is 3. The fraction of sp³-hybridized carbons (Fsp3) is 0.500. The topological polar surface area (TPSA) is 111 Å². The van der Waals surface area contributed by atoms with Crippen LogP contribution in [0.15, 0.2) is 6.20 Å². The van der Waals surface area contributed by atoms with Crippen LogP contribution in [0.4, 0.5) is 5.69 Å². The van der Waals surface area contributed by atoms with Gasteiger partial charge in [-0.15, -0.1) is 0 Å². The molecule has 114 valence electrons. The van der Waals surface area contributed by atoms with E-state index in [4.69, 9.17) is 5.11 Å². The summed E-state index contributed by atoms with van der Waals surface area (Å²) in [5, 5.41) is 14.3. The van der Waals surface area contributed by atoms with Crippen molar-refractivity contribution >= 4 is 23.5 Å². The van der Waals surface area contributed by atoms with Gasteiger partial charge in [0.05, 0.1) is 5.69 Å². The summed E-state index contributed by atoms with van der Waals surface area (Å²) in [6, 6.07) is 0. The van der Waals surface area contributed by atoms with Crippen molar-refractivity contribution in [2.45, 2.75) is 26.7 Å². The van der Waals surface area contributed by atoms with Crippen LogP contribution in [-0.4, -0.2) is 34.4 Å². The molecule has 2 unspecified atom stereocenters. The van der Waals surface area contributed by atoms with Crippen LogP contribution < -0.4 is 10.6 Å². The third kappa shape index (κ3) is 3.62. The summed E-state index contributed by atoms with van der Waals surface area (Å²) in [6.45, 7) is 3.88. The molecule has 1 aromatic rings. The molecule has 7 nitrogen and oxygen atoms in total. The maximum absolute atomic E-state index is 11.8. The first kappa shape index (κ1) is 15.1. The van der Waals surface area contributed by atoms with Crippen molar-refractivity contribution in [1.29, 1.82) is 0 Å². The van der Waals surface area contributed by atoms with E-state index < -0.39 is 5.97 Å². The van der Waals surface area contributed by atoms with Crippen molar-refractivity contribution in [3.05, 3.63) is 17.5 Å². The van der Waals surface area contributed by atoms with Gasteiger partial charge in [0, 0.05) is 30.8 Å². The van der Waals surface area contributed by atoms with Gasteiger partial charge in [-0.3, -0.25) is 9.59 Å². The first-order valence-corrected chi connectivity index (χ1v) is 6.89. The van der Waals surface area contributed by atoms with Crippen LogP contribution in [0.2, 0.25) is 0 Å². The van der Waals surface area contributed by atoms with Gasteiger partial charge in [-0.2, -0.15) is 0 Å². The van der Waals surface area contributed by atoms with Crippen molar-refractivity contribution in [2.24, 2.45) is 11.8 Å². The van der Waals surface area contributed by atoms with E-state index in [0.29, 0.717) is 11.6 Å². The minimum absolute atomic E-state index is 0.0148. The Morgan fingerprint density at radius 2 is 2.10 bits per heavy atom. The van der Waals surface area contributed by atoms with Gasteiger partial charge < -0.3 is 20.7 Å². The zero-order valence-corrected chi connectivity index (χ0v) is 12.0. The van der Waals surface area contributed by atoms with Gasteiger partial charge in [0.25, 0.3) is 0 Å². The van der Waals surface area contributed by atoms with E-state index in [1.807, 2.05) is 6.92 Å². The highest BCUT2D eigenvalue weighted by Crippen LogP contribution is 2.37. The molecule has 0 bridgehead atoms. The normalized spacial score (nSPS) is 19.9. The van der Waals surface area contributed by atoms with Crippen LogP contribution >= 0.6 is 0 Å². The molecule has 0 aromatic carbocycles. The van der Waals surface area contributed by atoms with Crippen molar-refractivity contribution < 1.29 is 19.5 Å². The quantitative estimate of drug-likeness (QED) is 0.629. The molecule has 2 atom stereocenters. The van der Waals surface area contributed by atoms with E-state index in [2.05, 4.69) is 15.6 Å². The Balaban J connectivity index is 1.79. The second-order valence-electron chi connectivity index (χ2n) is 5.42. The summed E-state index contributed by atoms with van der Waals surface area (Å²) in [7, 11) is 0. The van der Waals surface area contributed by atoms with Gasteiger partial charge in [-0.1, -0.05) is 6.92 Å². The van der Waals surface area contributed by atoms with Gasteiger partial charge in [0.2, 0.25) is 11.8 Å². The average molecular weight is 293 g/mol. The summed E-state index contributed by atoms with van der Waals surface area (Å²) in [4.78, 5) is 37.2. The fourth-order valence-corrected chi connectivity index (χ4v) is 2.23. The van der Waals surface area contributed by atoms with Crippen LogP contribution in [-0.2, 0) is 9.59 Å². The Morgan fingerprint density at radius 3 is 2.67 bits per heavy atom. The Bertz CT molecular complexity index is 579. The number of carboxylic acid groups (broad SMARTS) is 1. The molecule has 0 saturated heterocycles. The van der Waals surface area contributed by atoms with E-state index in [1.54, 1.807) is 6.92 Å². The molecule has 0 aliphatic heterocycles. The van der Waals surface area contributed by atoms with E-state index in [-0.39, 0.29) is 41.9 Å². The number of aromatic carboxylic acids is 1. The number of aromatic amines is 1. The fourth-order valence-electron chi connectivity index (χ4n) is 2.23. The molecule has 4 N–H and O–H groups in total. The van der Waals surface area contributed by atoms with Crippen LogP contribution in [0.1, 0.15) is 35.8 Å². The smallest absolute Gasteiger partial charge is 0.339 e. The first-order valence-electron chi connectivity index (χ1n) is 6.89. The molecule has 1 saturated carbocycles. The van der Waals surface area contributed by atoms with Crippen LogP contribution in [0.25, 0.3) is 0 Å². The molecule has 1 heterocycles. The van der Waals surface area contributed by atoms with Crippen LogP contribution in [0, 0.1) is 18.8 Å². The summed E-state index contributed by atoms with van der Waals surface area (Å²) in [6.07, 6.45) is 2.46. The Morgan fingerprint density at radius 1 is 1.43 bits per heavy atom. The number of amides is 2. The molecule has 1 fully saturated rings. The zero-order valence-electron chi connectivity index (χ0n) is 12.0. The van der Waals surface area contributed by atoms with Crippen LogP contribution in [0.5, 0.6) is 0 Å². The molecule has 1 aromatic heterocycles. The summed E-state index contributed by atoms with van der Waals surface area (Å²) in [5.74, 6) is -0.932. The molecule has 7 heteroatoms. The number of anilines is 1. The number of carboxylic acids is 1. The van der Waals surface area contributed by atoms with E-state index in [0.717, 1.165) is 6.42 Å². The maximum atomic E-state index is 11.8. The lowest BCUT2D eigenvalue weighted by molar-refractivity contribution is -0.122. The molecular formula is C14H19N3O4. The van der Waals surface area contributed by atoms with E-state index in [1.165, 1.54) is 6.20 Å². The summed E-state index contributed by atoms with van der Waals surface area (Å²) in [5.41, 5.74) is 0.778. The predicted molar refractivity (Wildman–Crippen MR) is 76.0 cm³/mol. The van der Waals surface area contributed by atoms with Gasteiger partial charge in [-0.25, -0.2) is 4.79 Å². The molecule has 0 radical (unpaired) electrons. The molecule has 1 aliphatic rings. The number of hydrogen-bond acceptors (Lipinski definition) is 3. The third-order valence-corrected chi connectivity index (χ3v) is 3.66. The highest BCUT2D eigenvalue weighted by atomic mass is 16.4. The molecule has 1 aliphatic carbocycles. The largest absolute Gasteiger partial charge is 0.478 e. The highest BCUT2D eigenvalue weighted by Gasteiger charge is 2.38. The van der Waals surface area contributed by atoms with Gasteiger partial charge in [0.15, 0.2) is 0 Å². The van der Waals surface area contributed by atoms with Crippen molar-refractivity contribution in [1.82, 2.24) is 10.3 Å². The third-order valence-electron chi connectivity index (χ3n) is 3.66. The van der Waals surface area contributed by atoms with Crippen LogP contribution in [0.3, 0.4) is 0 Å². The van der Waals surface area contributed by atoms with Gasteiger partial charge >= 0.3 is 5.97 Å². The Labute approximate surface area is 122 Å². The van der Waals surface area contributed by atoms with Gasteiger partial charge in [0.1, 0.15) is 5.56 Å². The minimum Gasteiger partial charge on any atom is -0.478 e. The number of carbonyl (C=O) groups excluding carboxylic acids is 2. The first-order chi connectivity index (χ1) is 9.90. The average Bonchev–Trinajstić information content (AvgIpc) is 3.01. The monoisotopic (exact) mass is 293 g/mol. The number of nitrogens with one attached hydrogen (secondary N) is 3. The number of H-pyrrole nitrogens is 1. The second kappa shape index (κ2) is 5.99. The zero-order chi connectivity index (χ0) is 15.6. The molecule has 0 spiro atoms. The molecule has 2 amide bonds.